The normalized spacial score (nSPS) is 52.0. The highest BCUT2D eigenvalue weighted by atomic mass is 16.3. The monoisotopic (exact) mass is 298 g/mol. The van der Waals surface area contributed by atoms with E-state index in [0.29, 0.717) is 5.41 Å². The topological polar surface area (TPSA) is 20.2 Å². The van der Waals surface area contributed by atoms with Crippen molar-refractivity contribution in [2.24, 2.45) is 28.6 Å². The molecule has 0 aromatic carbocycles. The molecule has 0 spiro atoms. The molecule has 4 aliphatic carbocycles. The van der Waals surface area contributed by atoms with Crippen LogP contribution in [0, 0.1) is 28.6 Å². The van der Waals surface area contributed by atoms with Crippen LogP contribution in [0.2, 0.25) is 0 Å². The van der Waals surface area contributed by atoms with Gasteiger partial charge >= 0.3 is 0 Å². The smallest absolute Gasteiger partial charge is 0.0905 e. The van der Waals surface area contributed by atoms with Crippen LogP contribution in [-0.4, -0.2) is 11.2 Å². The van der Waals surface area contributed by atoms with E-state index in [1.165, 1.54) is 44.1 Å². The van der Waals surface area contributed by atoms with Crippen molar-refractivity contribution < 1.29 is 5.11 Å². The number of fused-ring (bicyclic) bond motifs is 5. The molecule has 4 rings (SSSR count). The molecule has 0 radical (unpaired) electrons. The van der Waals surface area contributed by atoms with E-state index < -0.39 is 0 Å². The van der Waals surface area contributed by atoms with Gasteiger partial charge in [0.2, 0.25) is 0 Å². The summed E-state index contributed by atoms with van der Waals surface area (Å²) in [4.78, 5) is 0. The van der Waals surface area contributed by atoms with Crippen molar-refractivity contribution in [1.82, 2.24) is 0 Å². The van der Waals surface area contributed by atoms with Gasteiger partial charge in [0.05, 0.1) is 6.10 Å². The average Bonchev–Trinajstić information content (AvgIpc) is 2.84. The van der Waals surface area contributed by atoms with Gasteiger partial charge in [0.15, 0.2) is 0 Å². The first-order chi connectivity index (χ1) is 10.5. The van der Waals surface area contributed by atoms with Crippen LogP contribution in [0.4, 0.5) is 0 Å². The Morgan fingerprint density at radius 3 is 2.73 bits per heavy atom. The van der Waals surface area contributed by atoms with E-state index in [9.17, 15) is 5.11 Å². The second-order valence-electron chi connectivity index (χ2n) is 8.55. The minimum absolute atomic E-state index is 0.210. The number of rotatable bonds is 0. The third-order valence-corrected chi connectivity index (χ3v) is 7.85. The summed E-state index contributed by atoms with van der Waals surface area (Å²) >= 11 is 0. The van der Waals surface area contributed by atoms with Crippen LogP contribution in [0.3, 0.4) is 0 Å². The van der Waals surface area contributed by atoms with Crippen molar-refractivity contribution in [3.63, 3.8) is 0 Å². The molecule has 4 aliphatic rings. The van der Waals surface area contributed by atoms with Crippen LogP contribution in [0.5, 0.6) is 0 Å². The molecule has 3 saturated carbocycles. The maximum absolute atomic E-state index is 9.95. The number of hydrogen-bond acceptors (Lipinski definition) is 1. The van der Waals surface area contributed by atoms with Gasteiger partial charge in [-0.3, -0.25) is 0 Å². The predicted octanol–water partition coefficient (Wildman–Crippen LogP) is 5.03. The molecule has 0 aromatic rings. The molecule has 0 aliphatic heterocycles. The highest BCUT2D eigenvalue weighted by molar-refractivity contribution is 5.34. The quantitative estimate of drug-likeness (QED) is 0.622. The van der Waals surface area contributed by atoms with E-state index >= 15 is 0 Å². The Bertz CT molecular complexity index is 568. The fourth-order valence-corrected chi connectivity index (χ4v) is 6.64. The van der Waals surface area contributed by atoms with Crippen LogP contribution in [0.15, 0.2) is 35.5 Å². The van der Waals surface area contributed by atoms with Crippen LogP contribution in [0.1, 0.15) is 59.3 Å². The van der Waals surface area contributed by atoms with Crippen molar-refractivity contribution in [2.45, 2.75) is 65.4 Å². The minimum Gasteiger partial charge on any atom is -0.385 e. The maximum atomic E-state index is 9.95. The number of aliphatic hydroxyl groups excluding tert-OH is 1. The minimum atomic E-state index is -0.352. The molecule has 120 valence electrons. The van der Waals surface area contributed by atoms with Crippen molar-refractivity contribution in [3.05, 3.63) is 35.5 Å². The van der Waals surface area contributed by atoms with E-state index in [2.05, 4.69) is 39.0 Å². The van der Waals surface area contributed by atoms with Crippen molar-refractivity contribution in [2.75, 3.05) is 0 Å². The van der Waals surface area contributed by atoms with Crippen molar-refractivity contribution in [3.8, 4) is 0 Å². The molecular weight excluding hydrogens is 268 g/mol. The van der Waals surface area contributed by atoms with Gasteiger partial charge in [0, 0.05) is 5.41 Å². The molecule has 1 nitrogen and oxygen atoms in total. The summed E-state index contributed by atoms with van der Waals surface area (Å²) in [5.41, 5.74) is 3.93. The molecule has 22 heavy (non-hydrogen) atoms. The molecule has 0 heterocycles. The van der Waals surface area contributed by atoms with E-state index in [4.69, 9.17) is 0 Å². The summed E-state index contributed by atoms with van der Waals surface area (Å²) in [6.45, 7) is 7.22. The van der Waals surface area contributed by atoms with Gasteiger partial charge in [-0.2, -0.15) is 0 Å². The van der Waals surface area contributed by atoms with E-state index in [1.54, 1.807) is 5.57 Å². The SMILES string of the molecule is C/C=C1/CCC2C3CCC4=C[C@@H](O)C=C[C@]4(C)C3CC[C@]12C. The second-order valence-corrected chi connectivity index (χ2v) is 8.55. The predicted molar refractivity (Wildman–Crippen MR) is 91.4 cm³/mol. The van der Waals surface area contributed by atoms with Gasteiger partial charge in [-0.1, -0.05) is 49.3 Å². The fourth-order valence-electron chi connectivity index (χ4n) is 6.64. The van der Waals surface area contributed by atoms with E-state index in [-0.39, 0.29) is 11.5 Å². The van der Waals surface area contributed by atoms with Gasteiger partial charge in [-0.05, 0) is 68.6 Å². The van der Waals surface area contributed by atoms with Crippen LogP contribution < -0.4 is 0 Å². The molecule has 0 aromatic heterocycles. The summed E-state index contributed by atoms with van der Waals surface area (Å²) in [7, 11) is 0. The summed E-state index contributed by atoms with van der Waals surface area (Å²) in [6.07, 6.45) is 16.5. The van der Waals surface area contributed by atoms with Crippen LogP contribution in [-0.2, 0) is 0 Å². The van der Waals surface area contributed by atoms with Crippen molar-refractivity contribution >= 4 is 0 Å². The fraction of sp³-hybridized carbons (Fsp3) is 0.714. The zero-order chi connectivity index (χ0) is 15.5. The average molecular weight is 298 g/mol. The lowest BCUT2D eigenvalue weighted by Gasteiger charge is -2.56. The van der Waals surface area contributed by atoms with E-state index in [1.807, 2.05) is 6.08 Å². The van der Waals surface area contributed by atoms with Gasteiger partial charge in [-0.15, -0.1) is 0 Å². The Kier molecular flexibility index (Phi) is 3.24. The Balaban J connectivity index is 1.70. The Morgan fingerprint density at radius 2 is 1.95 bits per heavy atom. The number of hydrogen-bond donors (Lipinski definition) is 1. The zero-order valence-corrected chi connectivity index (χ0v) is 14.3. The molecule has 1 N–H and O–H groups in total. The molecule has 0 saturated heterocycles. The highest BCUT2D eigenvalue weighted by Gasteiger charge is 2.56. The summed E-state index contributed by atoms with van der Waals surface area (Å²) in [5, 5.41) is 9.95. The van der Waals surface area contributed by atoms with Gasteiger partial charge < -0.3 is 5.11 Å². The maximum Gasteiger partial charge on any atom is 0.0905 e. The van der Waals surface area contributed by atoms with Crippen LogP contribution in [0.25, 0.3) is 0 Å². The van der Waals surface area contributed by atoms with Gasteiger partial charge in [-0.25, -0.2) is 0 Å². The molecule has 0 amide bonds. The summed E-state index contributed by atoms with van der Waals surface area (Å²) in [5.74, 6) is 2.54. The third kappa shape index (κ3) is 1.81. The van der Waals surface area contributed by atoms with Gasteiger partial charge in [0.25, 0.3) is 0 Å². The lowest BCUT2D eigenvalue weighted by Crippen LogP contribution is -2.48. The Labute approximate surface area is 135 Å². The zero-order valence-electron chi connectivity index (χ0n) is 14.3. The highest BCUT2D eigenvalue weighted by Crippen LogP contribution is 2.65. The lowest BCUT2D eigenvalue weighted by molar-refractivity contribution is -0.00362. The standard InChI is InChI=1S/C21H30O/c1-4-14-6-8-18-17-7-5-15-13-16(22)9-11-21(15,3)19(17)10-12-20(14,18)2/h4,9,11,13,16-19,22H,5-8,10,12H2,1-3H3/b14-4-/t16-,17?,18?,19?,20+,21-/m0/s1. The summed E-state index contributed by atoms with van der Waals surface area (Å²) in [6, 6.07) is 0. The largest absolute Gasteiger partial charge is 0.385 e. The molecule has 1 heteroatoms. The first-order valence-corrected chi connectivity index (χ1v) is 9.23. The van der Waals surface area contributed by atoms with Gasteiger partial charge in [0.1, 0.15) is 0 Å². The molecule has 0 bridgehead atoms. The molecular formula is C21H30O. The lowest BCUT2D eigenvalue weighted by atomic mass is 9.48. The molecule has 6 atom stereocenters. The van der Waals surface area contributed by atoms with E-state index in [0.717, 1.165) is 17.8 Å². The molecule has 3 unspecified atom stereocenters. The summed E-state index contributed by atoms with van der Waals surface area (Å²) < 4.78 is 0. The molecule has 3 fully saturated rings. The van der Waals surface area contributed by atoms with Crippen molar-refractivity contribution in [1.29, 1.82) is 0 Å². The Hall–Kier alpha value is -0.820. The Morgan fingerprint density at radius 1 is 1.14 bits per heavy atom. The van der Waals surface area contributed by atoms with Crippen LogP contribution >= 0.6 is 0 Å². The second kappa shape index (κ2) is 4.84. The third-order valence-electron chi connectivity index (χ3n) is 7.85. The first-order valence-electron chi connectivity index (χ1n) is 9.23. The number of aliphatic hydroxyl groups is 1. The number of allylic oxidation sites excluding steroid dienone is 4. The first kappa shape index (κ1) is 14.8.